The molecule has 3 N–H and O–H groups in total. The predicted molar refractivity (Wildman–Crippen MR) is 425 cm³/mol. The van der Waals surface area contributed by atoms with Gasteiger partial charge in [-0.1, -0.05) is 278 Å². The van der Waals surface area contributed by atoms with E-state index in [2.05, 4.69) is 30.9 Å². The van der Waals surface area contributed by atoms with Crippen LogP contribution in [-0.4, -0.2) is 98.9 Å². The molecule has 24 heteroatoms. The van der Waals surface area contributed by atoms with Gasteiger partial charge in [0, 0.05) is 35.1 Å². The Morgan fingerprint density at radius 1 is 0.589 bits per heavy atom. The molecule has 0 radical (unpaired) electrons. The fraction of sp³-hybridized carbons (Fsp3) is 0.125. The number of thioether (sulfide) groups is 2. The number of β-lactam (4-membered cyclic amide) rings is 1. The van der Waals surface area contributed by atoms with Crippen LogP contribution in [0.25, 0.3) is 5.78 Å². The van der Waals surface area contributed by atoms with Crippen molar-refractivity contribution in [2.24, 2.45) is 5.16 Å². The minimum atomic E-state index is -1.29. The average molecular weight is 1540 g/mol. The number of rotatable bonds is 27. The van der Waals surface area contributed by atoms with Crippen LogP contribution in [-0.2, 0) is 50.4 Å². The maximum absolute atomic E-state index is 15.6. The molecule has 2 atom stereocenters. The van der Waals surface area contributed by atoms with E-state index in [0.29, 0.717) is 43.7 Å². The molecule has 0 unspecified atom stereocenters. The number of anilines is 1. The Balaban J connectivity index is 0.769. The van der Waals surface area contributed by atoms with Gasteiger partial charge in [-0.25, -0.2) is 24.4 Å². The smallest absolute Gasteiger partial charge is 0.379 e. The largest absolute Gasteiger partial charge is 0.504 e. The number of phenols is 1. The highest BCUT2D eigenvalue weighted by Gasteiger charge is 2.55. The minimum absolute atomic E-state index is 0.00557. The van der Waals surface area contributed by atoms with Gasteiger partial charge < -0.3 is 39.5 Å². The molecule has 1 saturated heterocycles. The monoisotopic (exact) mass is 1540 g/mol. The van der Waals surface area contributed by atoms with Crippen LogP contribution < -0.4 is 15.4 Å². The number of esters is 4. The number of benzene rings is 10. The fourth-order valence-corrected chi connectivity index (χ4v) is 16.7. The number of nitrogens with one attached hydrogen (secondary N) is 2. The first-order chi connectivity index (χ1) is 54.7. The Hall–Kier alpha value is -13.3. The second-order valence-electron chi connectivity index (χ2n) is 26.1. The topological polar surface area (TPSA) is 264 Å². The number of hydrogen-bond donors (Lipinski definition) is 3. The van der Waals surface area contributed by atoms with Crippen molar-refractivity contribution >= 4 is 87.2 Å². The molecule has 5 heterocycles. The van der Waals surface area contributed by atoms with Crippen molar-refractivity contribution in [3.05, 3.63) is 386 Å². The highest BCUT2D eigenvalue weighted by molar-refractivity contribution is 8.01. The molecule has 0 spiro atoms. The van der Waals surface area contributed by atoms with Crippen molar-refractivity contribution in [3.63, 3.8) is 0 Å². The Bertz CT molecular complexity index is 5430. The number of oxime groups is 1. The van der Waals surface area contributed by atoms with Crippen LogP contribution in [0.4, 0.5) is 5.13 Å². The van der Waals surface area contributed by atoms with Crippen LogP contribution in [0.15, 0.2) is 318 Å². The summed E-state index contributed by atoms with van der Waals surface area (Å²) in [6.07, 6.45) is -2.63. The van der Waals surface area contributed by atoms with Gasteiger partial charge in [-0.2, -0.15) is 9.50 Å². The molecule has 112 heavy (non-hydrogen) atoms. The molecule has 21 nitrogen and oxygen atoms in total. The first kappa shape index (κ1) is 74.2. The number of ether oxygens (including phenoxy) is 4. The normalized spacial score (nSPS) is 14.1. The number of aromatic hydroxyl groups is 1. The van der Waals surface area contributed by atoms with Gasteiger partial charge in [0.2, 0.25) is 0 Å². The number of fused-ring (bicyclic) bond motifs is 2. The molecule has 15 rings (SSSR count). The van der Waals surface area contributed by atoms with Crippen molar-refractivity contribution in [1.82, 2.24) is 34.8 Å². The number of carbonyl (C=O) groups is 6. The molecule has 0 bridgehead atoms. The fourth-order valence-electron chi connectivity index (χ4n) is 13.5. The van der Waals surface area contributed by atoms with Crippen LogP contribution in [0.1, 0.15) is 113 Å². The van der Waals surface area contributed by atoms with Crippen LogP contribution in [0.5, 0.6) is 11.5 Å². The Morgan fingerprint density at radius 3 is 1.52 bits per heavy atom. The zero-order chi connectivity index (χ0) is 77.1. The van der Waals surface area contributed by atoms with Crippen molar-refractivity contribution < 1.29 is 57.7 Å². The van der Waals surface area contributed by atoms with Crippen molar-refractivity contribution in [2.45, 2.75) is 60.7 Å². The zero-order valence-corrected chi connectivity index (χ0v) is 62.5. The maximum Gasteiger partial charge on any atom is 0.379 e. The summed E-state index contributed by atoms with van der Waals surface area (Å²) in [5.41, 5.74) is 6.11. The zero-order valence-electron chi connectivity index (χ0n) is 60.1. The third kappa shape index (κ3) is 16.1. The van der Waals surface area contributed by atoms with Gasteiger partial charge in [0.1, 0.15) is 40.0 Å². The van der Waals surface area contributed by atoms with Crippen LogP contribution in [0.3, 0.4) is 0 Å². The molecule has 0 saturated carbocycles. The average Bonchev–Trinajstić information content (AvgIpc) is 0.739. The second-order valence-corrected chi connectivity index (χ2v) is 29.1. The molecular formula is C88H69N9O12S3. The molecule has 2 aliphatic rings. The minimum Gasteiger partial charge on any atom is -0.504 e. The number of aromatic nitrogens is 5. The van der Waals surface area contributed by atoms with Gasteiger partial charge in [0.05, 0.1) is 5.56 Å². The lowest BCUT2D eigenvalue weighted by Crippen LogP contribution is -2.71. The Kier molecular flexibility index (Phi) is 22.3. The van der Waals surface area contributed by atoms with E-state index in [1.807, 2.05) is 273 Å². The molecule has 3 aromatic heterocycles. The summed E-state index contributed by atoms with van der Waals surface area (Å²) in [6, 6.07) is 87.7. The number of nitrogens with zero attached hydrogens (tertiary/aromatic N) is 7. The third-order valence-corrected chi connectivity index (χ3v) is 21.9. The molecule has 556 valence electrons. The van der Waals surface area contributed by atoms with E-state index in [1.165, 1.54) is 56.4 Å². The van der Waals surface area contributed by atoms with E-state index in [-0.39, 0.29) is 51.4 Å². The summed E-state index contributed by atoms with van der Waals surface area (Å²) in [5.74, 6) is -5.56. The van der Waals surface area contributed by atoms with E-state index >= 15 is 14.4 Å². The molecular weight excluding hydrogens is 1470 g/mol. The van der Waals surface area contributed by atoms with Crippen molar-refractivity contribution in [1.29, 1.82) is 0 Å². The van der Waals surface area contributed by atoms with Gasteiger partial charge in [-0.05, 0) is 80.8 Å². The summed E-state index contributed by atoms with van der Waals surface area (Å²) in [7, 11) is 0. The summed E-state index contributed by atoms with van der Waals surface area (Å²) in [4.78, 5) is 110. The highest BCUT2D eigenvalue weighted by Crippen LogP contribution is 2.45. The van der Waals surface area contributed by atoms with Gasteiger partial charge in [0.15, 0.2) is 40.7 Å². The Labute approximate surface area is 656 Å². The van der Waals surface area contributed by atoms with Gasteiger partial charge in [-0.3, -0.25) is 19.3 Å². The third-order valence-electron chi connectivity index (χ3n) is 18.7. The summed E-state index contributed by atoms with van der Waals surface area (Å²) >= 11 is 3.76. The van der Waals surface area contributed by atoms with Crippen LogP contribution in [0.2, 0.25) is 0 Å². The van der Waals surface area contributed by atoms with Crippen LogP contribution in [0, 0.1) is 6.92 Å². The lowest BCUT2D eigenvalue weighted by molar-refractivity contribution is -0.154. The molecule has 0 aliphatic carbocycles. The SMILES string of the molecule is CC(=O)Oc1cc(C(=O)OC(c2ccccc2)c2ccccc2)c(CON=C(C(=O)N[C@@H]2C(=O)N3C(C(=O)OC(c4ccccc4)c4ccccc4)=C(CSc4cc(C)nc5nc(C(=O)OC(c6ccccc6)c6ccccc6)nn45)CS[C@H]23)c2csc(NC(c3ccccc3)(c3ccccc3)c3ccccc3)n2)cc1O. The molecule has 10 aromatic carbocycles. The quantitative estimate of drug-likeness (QED) is 0.00497. The number of phenolic OH excluding ortho intramolecular Hbond substituents is 1. The molecule has 1 fully saturated rings. The Morgan fingerprint density at radius 2 is 1.04 bits per heavy atom. The standard InChI is InChI=1S/C88H69N9O12S3/c1-55-48-72(97-86(89-55)92-79(94-97)85(104)109-78(61-38-20-7-21-39-61)62-40-22-8-23-41-62)110-52-64-53-111-82-74(81(101)96(82)75(64)84(103)108-77(59-34-16-5-17-35-59)60-36-18-6-19-37-60)91-80(100)73(69-54-112-87(90-69)93-88(65-42-24-9-25-43-65,66-44-26-10-27-45-66)67-46-28-11-29-47-67)95-105-51-63-49-70(99)71(106-56(2)98)50-68(63)83(102)107-76(57-30-12-3-13-31-57)58-32-14-4-15-33-58/h3-50,54,74,76-78,82,99H,51-53H2,1-2H3,(H,90,93)(H,91,100)/t74-,82-/m1/s1. The van der Waals surface area contributed by atoms with Crippen molar-refractivity contribution in [3.8, 4) is 11.5 Å². The van der Waals surface area contributed by atoms with E-state index in [9.17, 15) is 19.5 Å². The number of thiazole rings is 1. The summed E-state index contributed by atoms with van der Waals surface area (Å²) in [5, 5.41) is 28.8. The van der Waals surface area contributed by atoms with Gasteiger partial charge >= 0.3 is 23.9 Å². The van der Waals surface area contributed by atoms with Gasteiger partial charge in [0.25, 0.3) is 23.4 Å². The van der Waals surface area contributed by atoms with Crippen LogP contribution >= 0.6 is 34.9 Å². The highest BCUT2D eigenvalue weighted by atomic mass is 32.2. The molecule has 2 aliphatic heterocycles. The van der Waals surface area contributed by atoms with Gasteiger partial charge in [-0.15, -0.1) is 40.0 Å². The second kappa shape index (κ2) is 33.7. The summed E-state index contributed by atoms with van der Waals surface area (Å²) < 4.78 is 25.9. The first-order valence-corrected chi connectivity index (χ1v) is 38.6. The number of aryl methyl sites for hydroxylation is 1. The summed E-state index contributed by atoms with van der Waals surface area (Å²) in [6.45, 7) is 2.33. The number of hydrogen-bond acceptors (Lipinski definition) is 21. The van der Waals surface area contributed by atoms with E-state index < -0.39 is 89.0 Å². The maximum atomic E-state index is 15.6. The molecule has 2 amide bonds. The number of amides is 2. The first-order valence-electron chi connectivity index (χ1n) is 35.7. The molecule has 13 aromatic rings. The predicted octanol–water partition coefficient (Wildman–Crippen LogP) is 15.5. The van der Waals surface area contributed by atoms with E-state index in [1.54, 1.807) is 18.4 Å². The lowest BCUT2D eigenvalue weighted by Gasteiger charge is -2.49. The van der Waals surface area contributed by atoms with E-state index in [0.717, 1.165) is 34.7 Å². The lowest BCUT2D eigenvalue weighted by atomic mass is 9.77. The number of carbonyl (C=O) groups excluding carboxylic acids is 6. The van der Waals surface area contributed by atoms with Crippen molar-refractivity contribution in [2.75, 3.05) is 16.8 Å². The van der Waals surface area contributed by atoms with E-state index in [4.69, 9.17) is 28.8 Å².